The topological polar surface area (TPSA) is 107 Å². The van der Waals surface area contributed by atoms with Crippen molar-refractivity contribution in [3.63, 3.8) is 0 Å². The minimum absolute atomic E-state index is 0.0367. The second-order valence-electron chi connectivity index (χ2n) is 10.5. The highest BCUT2D eigenvalue weighted by molar-refractivity contribution is 5.69. The van der Waals surface area contributed by atoms with Crippen LogP contribution >= 0.6 is 0 Å². The molecule has 3 heterocycles. The molecule has 0 bridgehead atoms. The summed E-state index contributed by atoms with van der Waals surface area (Å²) in [5.74, 6) is -2.09. The maximum absolute atomic E-state index is 12.3. The van der Waals surface area contributed by atoms with Crippen molar-refractivity contribution in [2.75, 3.05) is 40.3 Å². The first-order chi connectivity index (χ1) is 17.1. The summed E-state index contributed by atoms with van der Waals surface area (Å²) < 4.78 is 29.5. The number of benzene rings is 1. The number of amides is 1. The lowest BCUT2D eigenvalue weighted by Gasteiger charge is -2.45. The van der Waals surface area contributed by atoms with Crippen LogP contribution in [0, 0.1) is 5.92 Å². The average molecular weight is 507 g/mol. The number of likely N-dealkylation sites (tertiary alicyclic amines) is 1. The fraction of sp³-hybridized carbons (Fsp3) is 0.692. The highest BCUT2D eigenvalue weighted by atomic mass is 16.8. The first kappa shape index (κ1) is 26.8. The van der Waals surface area contributed by atoms with Gasteiger partial charge in [-0.3, -0.25) is 9.69 Å². The molecule has 200 valence electrons. The Morgan fingerprint density at radius 1 is 1.17 bits per heavy atom. The van der Waals surface area contributed by atoms with Gasteiger partial charge in [-0.1, -0.05) is 30.3 Å². The van der Waals surface area contributed by atoms with E-state index >= 15 is 0 Å². The van der Waals surface area contributed by atoms with E-state index in [4.69, 9.17) is 23.7 Å². The lowest BCUT2D eigenvalue weighted by molar-refractivity contribution is -0.297. The Morgan fingerprint density at radius 3 is 2.53 bits per heavy atom. The predicted molar refractivity (Wildman–Crippen MR) is 129 cm³/mol. The minimum atomic E-state index is -1.18. The number of hydrogen-bond acceptors (Lipinski definition) is 9. The molecule has 1 amide bonds. The summed E-state index contributed by atoms with van der Waals surface area (Å²) in [7, 11) is 3.16. The summed E-state index contributed by atoms with van der Waals surface area (Å²) in [5.41, 5.74) is 0.975. The number of piperidine rings is 1. The monoisotopic (exact) mass is 506 g/mol. The Labute approximate surface area is 212 Å². The Morgan fingerprint density at radius 2 is 1.86 bits per heavy atom. The van der Waals surface area contributed by atoms with Crippen molar-refractivity contribution in [1.29, 1.82) is 0 Å². The molecule has 0 spiro atoms. The van der Waals surface area contributed by atoms with E-state index < -0.39 is 36.0 Å². The first-order valence-corrected chi connectivity index (χ1v) is 12.6. The zero-order valence-corrected chi connectivity index (χ0v) is 21.6. The van der Waals surface area contributed by atoms with Crippen LogP contribution in [-0.2, 0) is 35.1 Å². The van der Waals surface area contributed by atoms with Gasteiger partial charge in [0.05, 0.1) is 13.2 Å². The van der Waals surface area contributed by atoms with E-state index in [0.717, 1.165) is 31.5 Å². The van der Waals surface area contributed by atoms with Gasteiger partial charge in [-0.15, -0.1) is 0 Å². The molecule has 3 aliphatic heterocycles. The van der Waals surface area contributed by atoms with Crippen molar-refractivity contribution >= 4 is 12.1 Å². The molecule has 4 rings (SSSR count). The Hall–Kier alpha value is -2.24. The van der Waals surface area contributed by atoms with Crippen molar-refractivity contribution in [1.82, 2.24) is 9.80 Å². The van der Waals surface area contributed by atoms with E-state index in [-0.39, 0.29) is 25.1 Å². The predicted octanol–water partition coefficient (Wildman–Crippen LogP) is 2.14. The molecule has 0 aromatic heterocycles. The maximum atomic E-state index is 12.3. The van der Waals surface area contributed by atoms with E-state index in [1.165, 1.54) is 4.90 Å². The molecule has 1 aromatic rings. The van der Waals surface area contributed by atoms with E-state index in [9.17, 15) is 14.7 Å². The number of esters is 1. The number of ether oxygens (including phenoxy) is 5. The van der Waals surface area contributed by atoms with Crippen LogP contribution in [0.5, 0.6) is 0 Å². The molecule has 0 radical (unpaired) electrons. The van der Waals surface area contributed by atoms with Crippen molar-refractivity contribution in [2.45, 2.75) is 69.6 Å². The molecule has 3 fully saturated rings. The minimum Gasteiger partial charge on any atom is -0.461 e. The van der Waals surface area contributed by atoms with Gasteiger partial charge in [-0.2, -0.15) is 0 Å². The van der Waals surface area contributed by atoms with Gasteiger partial charge in [0.25, 0.3) is 0 Å². The highest BCUT2D eigenvalue weighted by Gasteiger charge is 2.63. The van der Waals surface area contributed by atoms with Gasteiger partial charge in [-0.25, -0.2) is 4.79 Å². The van der Waals surface area contributed by atoms with Gasteiger partial charge in [0.15, 0.2) is 18.0 Å². The Bertz CT molecular complexity index is 902. The normalized spacial score (nSPS) is 30.4. The van der Waals surface area contributed by atoms with Gasteiger partial charge >= 0.3 is 12.1 Å². The third kappa shape index (κ3) is 6.36. The molecule has 4 atom stereocenters. The second kappa shape index (κ2) is 11.0. The number of nitrogens with zero attached hydrogens (tertiary/aromatic N) is 2. The summed E-state index contributed by atoms with van der Waals surface area (Å²) in [6.07, 6.45) is -1.23. The number of carbonyl (C=O) groups is 2. The first-order valence-electron chi connectivity index (χ1n) is 12.6. The standard InChI is InChI=1S/C26H38N2O8/c1-25(2)35-23-22(34-24(31)27(3)4)20(29)16-33-26(23,36-25)17-28-12-10-18(11-13-28)14-21(30)32-15-19-8-6-5-7-9-19/h5-9,18,20,22-23,29H,10-17H2,1-4H3/t20-,22-,23+,26+/m1/s1. The van der Waals surface area contributed by atoms with Gasteiger partial charge in [0.2, 0.25) is 5.79 Å². The number of fused-ring (bicyclic) bond motifs is 1. The smallest absolute Gasteiger partial charge is 0.409 e. The van der Waals surface area contributed by atoms with Crippen molar-refractivity contribution < 1.29 is 38.4 Å². The van der Waals surface area contributed by atoms with Gasteiger partial charge in [0, 0.05) is 20.5 Å². The van der Waals surface area contributed by atoms with E-state index in [2.05, 4.69) is 4.90 Å². The number of aliphatic hydroxyl groups is 1. The number of rotatable bonds is 7. The van der Waals surface area contributed by atoms with Gasteiger partial charge < -0.3 is 33.7 Å². The van der Waals surface area contributed by atoms with E-state index in [0.29, 0.717) is 13.0 Å². The maximum Gasteiger partial charge on any atom is 0.409 e. The summed E-state index contributed by atoms with van der Waals surface area (Å²) in [6.45, 7) is 5.71. The van der Waals surface area contributed by atoms with Crippen LogP contribution < -0.4 is 0 Å². The van der Waals surface area contributed by atoms with Crippen molar-refractivity contribution in [2.24, 2.45) is 5.92 Å². The summed E-state index contributed by atoms with van der Waals surface area (Å²) in [6, 6.07) is 9.66. The molecule has 36 heavy (non-hydrogen) atoms. The zero-order chi connectivity index (χ0) is 25.9. The Balaban J connectivity index is 1.32. The quantitative estimate of drug-likeness (QED) is 0.557. The number of aliphatic hydroxyl groups excluding tert-OH is 1. The number of hydrogen-bond donors (Lipinski definition) is 1. The number of carbonyl (C=O) groups excluding carboxylic acids is 2. The van der Waals surface area contributed by atoms with Crippen LogP contribution in [0.15, 0.2) is 30.3 Å². The zero-order valence-electron chi connectivity index (χ0n) is 21.6. The summed E-state index contributed by atoms with van der Waals surface area (Å²) in [5, 5.41) is 10.6. The van der Waals surface area contributed by atoms with Crippen LogP contribution in [0.4, 0.5) is 4.79 Å². The van der Waals surface area contributed by atoms with Gasteiger partial charge in [-0.05, 0) is 51.3 Å². The third-order valence-electron chi connectivity index (χ3n) is 6.89. The molecule has 10 heteroatoms. The summed E-state index contributed by atoms with van der Waals surface area (Å²) >= 11 is 0. The second-order valence-corrected chi connectivity index (χ2v) is 10.5. The SMILES string of the molecule is CN(C)C(=O)O[C@@H]1[C@H](O)CO[C@@]2(CN3CCC(CC(=O)OCc4ccccc4)CC3)OC(C)(C)O[C@@H]12. The van der Waals surface area contributed by atoms with E-state index in [1.54, 1.807) is 27.9 Å². The van der Waals surface area contributed by atoms with E-state index in [1.807, 2.05) is 30.3 Å². The molecular formula is C26H38N2O8. The highest BCUT2D eigenvalue weighted by Crippen LogP contribution is 2.44. The van der Waals surface area contributed by atoms with Crippen LogP contribution in [-0.4, -0.2) is 97.2 Å². The molecule has 1 aromatic carbocycles. The van der Waals surface area contributed by atoms with Crippen molar-refractivity contribution in [3.8, 4) is 0 Å². The Kier molecular flexibility index (Phi) is 8.21. The molecular weight excluding hydrogens is 468 g/mol. The van der Waals surface area contributed by atoms with Crippen molar-refractivity contribution in [3.05, 3.63) is 35.9 Å². The molecule has 0 saturated carbocycles. The van der Waals surface area contributed by atoms with Crippen LogP contribution in [0.25, 0.3) is 0 Å². The lowest BCUT2D eigenvalue weighted by Crippen LogP contribution is -2.64. The molecule has 0 aliphatic carbocycles. The summed E-state index contributed by atoms with van der Waals surface area (Å²) in [4.78, 5) is 28.1. The molecule has 3 aliphatic rings. The lowest BCUT2D eigenvalue weighted by atomic mass is 9.91. The van der Waals surface area contributed by atoms with Gasteiger partial charge in [0.1, 0.15) is 12.7 Å². The molecule has 3 saturated heterocycles. The fourth-order valence-electron chi connectivity index (χ4n) is 5.07. The molecule has 1 N–H and O–H groups in total. The fourth-order valence-corrected chi connectivity index (χ4v) is 5.07. The molecule has 0 unspecified atom stereocenters. The molecule has 10 nitrogen and oxygen atoms in total. The largest absolute Gasteiger partial charge is 0.461 e. The van der Waals surface area contributed by atoms with Crippen LogP contribution in [0.3, 0.4) is 0 Å². The average Bonchev–Trinajstić information content (AvgIpc) is 3.12. The van der Waals surface area contributed by atoms with Crippen LogP contribution in [0.1, 0.15) is 38.7 Å². The third-order valence-corrected chi connectivity index (χ3v) is 6.89. The van der Waals surface area contributed by atoms with Crippen LogP contribution in [0.2, 0.25) is 0 Å².